The molecule has 0 fully saturated rings. The molecule has 0 saturated carbocycles. The third-order valence-electron chi connectivity index (χ3n) is 2.49. The number of aromatic nitrogens is 1. The van der Waals surface area contributed by atoms with Crippen molar-refractivity contribution in [2.45, 2.75) is 20.3 Å². The smallest absolute Gasteiger partial charge is 0.332 e. The van der Waals surface area contributed by atoms with Gasteiger partial charge >= 0.3 is 11.9 Å². The third-order valence-corrected chi connectivity index (χ3v) is 2.49. The van der Waals surface area contributed by atoms with Gasteiger partial charge in [-0.1, -0.05) is 19.9 Å². The van der Waals surface area contributed by atoms with Crippen molar-refractivity contribution in [1.29, 1.82) is 0 Å². The Balaban J connectivity index is 0. The van der Waals surface area contributed by atoms with Crippen molar-refractivity contribution in [3.8, 4) is 0 Å². The molecule has 1 aromatic rings. The molecule has 98 valence electrons. The molecule has 2 N–H and O–H groups in total. The first-order valence-electron chi connectivity index (χ1n) is 5.52. The average Bonchev–Trinajstić information content (AvgIpc) is 2.28. The van der Waals surface area contributed by atoms with E-state index >= 15 is 0 Å². The van der Waals surface area contributed by atoms with Crippen LogP contribution in [0.25, 0.3) is 0 Å². The van der Waals surface area contributed by atoms with Crippen molar-refractivity contribution >= 4 is 71.1 Å². The van der Waals surface area contributed by atoms with Crippen molar-refractivity contribution < 1.29 is 19.8 Å². The fourth-order valence-corrected chi connectivity index (χ4v) is 1.72. The number of pyridine rings is 1. The predicted molar refractivity (Wildman–Crippen MR) is 76.6 cm³/mol. The van der Waals surface area contributed by atoms with Crippen molar-refractivity contribution in [3.05, 3.63) is 41.2 Å². The Morgan fingerprint density at radius 2 is 1.80 bits per heavy atom. The van der Waals surface area contributed by atoms with Crippen LogP contribution in [0.5, 0.6) is 0 Å². The van der Waals surface area contributed by atoms with Crippen LogP contribution in [0.3, 0.4) is 0 Å². The van der Waals surface area contributed by atoms with E-state index in [-0.39, 0.29) is 82.6 Å². The summed E-state index contributed by atoms with van der Waals surface area (Å²) in [5.41, 5.74) is 0.520. The van der Waals surface area contributed by atoms with Gasteiger partial charge in [0.2, 0.25) is 0 Å². The SMILES string of the molecule is CC(C)C(C(=O)O)=C(Cc1cccnc1)C(=O)O.[Na].[Na]. The number of hydrogen-bond acceptors (Lipinski definition) is 3. The fraction of sp³-hybridized carbons (Fsp3) is 0.308. The van der Waals surface area contributed by atoms with Gasteiger partial charge in [-0.3, -0.25) is 4.98 Å². The molecular formula is C13H15NNa2O4. The molecule has 0 unspecified atom stereocenters. The van der Waals surface area contributed by atoms with Crippen molar-refractivity contribution in [3.63, 3.8) is 0 Å². The maximum absolute atomic E-state index is 11.2. The van der Waals surface area contributed by atoms with E-state index in [9.17, 15) is 9.59 Å². The van der Waals surface area contributed by atoms with Gasteiger partial charge in [0, 0.05) is 77.9 Å². The van der Waals surface area contributed by atoms with E-state index in [1.807, 2.05) is 0 Å². The van der Waals surface area contributed by atoms with Gasteiger partial charge in [-0.25, -0.2) is 9.59 Å². The van der Waals surface area contributed by atoms with Crippen LogP contribution in [0.1, 0.15) is 19.4 Å². The van der Waals surface area contributed by atoms with Crippen molar-refractivity contribution in [2.75, 3.05) is 0 Å². The molecule has 1 heterocycles. The molecule has 0 bridgehead atoms. The second kappa shape index (κ2) is 10.5. The number of carboxylic acids is 2. The van der Waals surface area contributed by atoms with Gasteiger partial charge in [0.1, 0.15) is 0 Å². The van der Waals surface area contributed by atoms with Gasteiger partial charge < -0.3 is 10.2 Å². The van der Waals surface area contributed by atoms with Crippen LogP contribution in [-0.4, -0.2) is 86.3 Å². The minimum Gasteiger partial charge on any atom is -0.478 e. The number of nitrogens with zero attached hydrogens (tertiary/aromatic N) is 1. The summed E-state index contributed by atoms with van der Waals surface area (Å²) >= 11 is 0. The van der Waals surface area contributed by atoms with Crippen LogP contribution in [0.15, 0.2) is 35.7 Å². The topological polar surface area (TPSA) is 87.5 Å². The predicted octanol–water partition coefficient (Wildman–Crippen LogP) is 0.984. The fourth-order valence-electron chi connectivity index (χ4n) is 1.72. The van der Waals surface area contributed by atoms with E-state index in [1.54, 1.807) is 32.2 Å². The normalized spacial score (nSPS) is 10.9. The molecule has 1 rings (SSSR count). The largest absolute Gasteiger partial charge is 0.478 e. The van der Waals surface area contributed by atoms with Crippen LogP contribution in [0, 0.1) is 5.92 Å². The number of aliphatic carboxylic acids is 2. The zero-order valence-corrected chi connectivity index (χ0v) is 16.3. The van der Waals surface area contributed by atoms with Crippen molar-refractivity contribution in [2.24, 2.45) is 5.92 Å². The molecule has 20 heavy (non-hydrogen) atoms. The molecular weight excluding hydrogens is 280 g/mol. The molecule has 1 aromatic heterocycles. The summed E-state index contributed by atoms with van der Waals surface area (Å²) in [6, 6.07) is 3.40. The number of carboxylic acid groups (broad SMARTS) is 2. The Morgan fingerprint density at radius 1 is 1.20 bits per heavy atom. The standard InChI is InChI=1S/C13H15NO4.2Na/c1-8(2)11(13(17)18)10(12(15)16)6-9-4-3-5-14-7-9;;/h3-5,7-8H,6H2,1-2H3,(H,15,16)(H,17,18);;. The maximum Gasteiger partial charge on any atom is 0.332 e. The van der Waals surface area contributed by atoms with Crippen molar-refractivity contribution in [1.82, 2.24) is 4.98 Å². The van der Waals surface area contributed by atoms with Crippen LogP contribution in [0.2, 0.25) is 0 Å². The quantitative estimate of drug-likeness (QED) is 0.624. The van der Waals surface area contributed by atoms with Gasteiger partial charge in [0.25, 0.3) is 0 Å². The summed E-state index contributed by atoms with van der Waals surface area (Å²) in [5, 5.41) is 18.3. The van der Waals surface area contributed by atoms with E-state index in [0.29, 0.717) is 5.56 Å². The minimum absolute atomic E-state index is 0. The van der Waals surface area contributed by atoms with Crippen LogP contribution in [0.4, 0.5) is 0 Å². The van der Waals surface area contributed by atoms with Crippen LogP contribution >= 0.6 is 0 Å². The molecule has 7 heteroatoms. The molecule has 0 aromatic carbocycles. The summed E-state index contributed by atoms with van der Waals surface area (Å²) < 4.78 is 0. The van der Waals surface area contributed by atoms with E-state index < -0.39 is 11.9 Å². The van der Waals surface area contributed by atoms with Gasteiger partial charge in [-0.15, -0.1) is 0 Å². The molecule has 0 aliphatic heterocycles. The molecule has 0 aliphatic rings. The Labute approximate surface area is 162 Å². The number of rotatable bonds is 5. The molecule has 0 spiro atoms. The summed E-state index contributed by atoms with van der Waals surface area (Å²) in [7, 11) is 0. The number of carbonyl (C=O) groups is 2. The third kappa shape index (κ3) is 6.52. The molecule has 0 aliphatic carbocycles. The zero-order chi connectivity index (χ0) is 13.7. The van der Waals surface area contributed by atoms with Gasteiger partial charge in [0.15, 0.2) is 0 Å². The van der Waals surface area contributed by atoms with E-state index in [2.05, 4.69) is 4.98 Å². The van der Waals surface area contributed by atoms with Crippen LogP contribution < -0.4 is 0 Å². The first-order chi connectivity index (χ1) is 8.43. The second-order valence-corrected chi connectivity index (χ2v) is 4.20. The zero-order valence-electron chi connectivity index (χ0n) is 12.3. The van der Waals surface area contributed by atoms with Gasteiger partial charge in [-0.05, 0) is 17.5 Å². The first-order valence-corrected chi connectivity index (χ1v) is 5.52. The Hall–Kier alpha value is -0.170. The van der Waals surface area contributed by atoms with E-state index in [4.69, 9.17) is 10.2 Å². The summed E-state index contributed by atoms with van der Waals surface area (Å²) in [4.78, 5) is 26.2. The minimum atomic E-state index is -1.20. The van der Waals surface area contributed by atoms with E-state index in [0.717, 1.165) is 0 Å². The maximum atomic E-state index is 11.2. The van der Waals surface area contributed by atoms with Crippen LogP contribution in [-0.2, 0) is 16.0 Å². The molecule has 5 nitrogen and oxygen atoms in total. The Kier molecular flexibility index (Phi) is 11.7. The molecule has 0 amide bonds. The van der Waals surface area contributed by atoms with E-state index in [1.165, 1.54) is 6.20 Å². The summed E-state index contributed by atoms with van der Waals surface area (Å²) in [5.74, 6) is -2.75. The second-order valence-electron chi connectivity index (χ2n) is 4.20. The van der Waals surface area contributed by atoms with Gasteiger partial charge in [0.05, 0.1) is 11.1 Å². The monoisotopic (exact) mass is 295 g/mol. The first kappa shape index (κ1) is 22.1. The molecule has 0 atom stereocenters. The Bertz CT molecular complexity index is 486. The Morgan fingerprint density at radius 3 is 2.15 bits per heavy atom. The summed E-state index contributed by atoms with van der Waals surface area (Å²) in [6.45, 7) is 3.32. The number of hydrogen-bond donors (Lipinski definition) is 2. The summed E-state index contributed by atoms with van der Waals surface area (Å²) in [6.07, 6.45) is 3.17. The van der Waals surface area contributed by atoms with Gasteiger partial charge in [-0.2, -0.15) is 0 Å². The average molecular weight is 295 g/mol. The molecule has 2 radical (unpaired) electrons. The molecule has 0 saturated heterocycles.